The maximum Gasteiger partial charge on any atom is 0.0449 e. The molecule has 106 valence electrons. The van der Waals surface area contributed by atoms with Gasteiger partial charge in [0.2, 0.25) is 0 Å². The van der Waals surface area contributed by atoms with E-state index in [9.17, 15) is 0 Å². The number of hydrogen-bond donors (Lipinski definition) is 0. The summed E-state index contributed by atoms with van der Waals surface area (Å²) in [5.41, 5.74) is 3.79. The Kier molecular flexibility index (Phi) is 5.95. The first-order valence-corrected chi connectivity index (χ1v) is 8.34. The van der Waals surface area contributed by atoms with Gasteiger partial charge >= 0.3 is 0 Å². The lowest BCUT2D eigenvalue weighted by atomic mass is 9.93. The zero-order valence-corrected chi connectivity index (χ0v) is 14.5. The van der Waals surface area contributed by atoms with Crippen LogP contribution in [0.1, 0.15) is 16.7 Å². The average Bonchev–Trinajstić information content (AvgIpc) is 2.41. The molecule has 0 aliphatic heterocycles. The van der Waals surface area contributed by atoms with Crippen molar-refractivity contribution in [2.45, 2.75) is 19.8 Å². The maximum absolute atomic E-state index is 6.29. The second kappa shape index (κ2) is 7.49. The van der Waals surface area contributed by atoms with Crippen LogP contribution in [-0.4, -0.2) is 5.88 Å². The highest BCUT2D eigenvalue weighted by Gasteiger charge is 2.12. The molecule has 1 atom stereocenters. The number of rotatable bonds is 5. The van der Waals surface area contributed by atoms with Crippen molar-refractivity contribution >= 4 is 39.1 Å². The summed E-state index contributed by atoms with van der Waals surface area (Å²) in [6, 6.07) is 14.6. The van der Waals surface area contributed by atoms with E-state index < -0.39 is 0 Å². The Bertz CT molecular complexity index is 581. The van der Waals surface area contributed by atoms with Crippen LogP contribution >= 0.6 is 39.1 Å². The van der Waals surface area contributed by atoms with Crippen molar-refractivity contribution in [2.75, 3.05) is 5.88 Å². The van der Waals surface area contributed by atoms with Crippen LogP contribution < -0.4 is 0 Å². The van der Waals surface area contributed by atoms with Crippen molar-refractivity contribution < 1.29 is 0 Å². The van der Waals surface area contributed by atoms with Gasteiger partial charge in [-0.2, -0.15) is 0 Å². The van der Waals surface area contributed by atoms with E-state index in [1.165, 1.54) is 11.1 Å². The summed E-state index contributed by atoms with van der Waals surface area (Å²) in [5, 5.41) is 0.804. The Balaban J connectivity index is 2.09. The summed E-state index contributed by atoms with van der Waals surface area (Å²) < 4.78 is 1.01. The second-order valence-corrected chi connectivity index (χ2v) is 6.78. The zero-order valence-electron chi connectivity index (χ0n) is 11.4. The smallest absolute Gasteiger partial charge is 0.0449 e. The van der Waals surface area contributed by atoms with Gasteiger partial charge in [0.15, 0.2) is 0 Å². The molecule has 1 unspecified atom stereocenters. The molecule has 2 aromatic carbocycles. The van der Waals surface area contributed by atoms with Crippen molar-refractivity contribution in [1.82, 2.24) is 0 Å². The van der Waals surface area contributed by atoms with E-state index in [4.69, 9.17) is 23.2 Å². The molecule has 0 aliphatic carbocycles. The normalized spacial score (nSPS) is 12.4. The molecule has 0 bridgehead atoms. The van der Waals surface area contributed by atoms with E-state index in [1.807, 2.05) is 12.1 Å². The van der Waals surface area contributed by atoms with Gasteiger partial charge in [0.05, 0.1) is 0 Å². The van der Waals surface area contributed by atoms with Gasteiger partial charge in [0.25, 0.3) is 0 Å². The highest BCUT2D eigenvalue weighted by molar-refractivity contribution is 9.10. The van der Waals surface area contributed by atoms with Crippen molar-refractivity contribution in [1.29, 1.82) is 0 Å². The number of hydrogen-bond acceptors (Lipinski definition) is 0. The monoisotopic (exact) mass is 370 g/mol. The van der Waals surface area contributed by atoms with Gasteiger partial charge in [-0.3, -0.25) is 0 Å². The molecule has 0 N–H and O–H groups in total. The first-order valence-electron chi connectivity index (χ1n) is 6.64. The first-order chi connectivity index (χ1) is 9.58. The lowest BCUT2D eigenvalue weighted by molar-refractivity contribution is 0.584. The van der Waals surface area contributed by atoms with Gasteiger partial charge in [-0.1, -0.05) is 63.4 Å². The third-order valence-electron chi connectivity index (χ3n) is 3.35. The van der Waals surface area contributed by atoms with E-state index >= 15 is 0 Å². The fourth-order valence-electron chi connectivity index (χ4n) is 2.35. The van der Waals surface area contributed by atoms with Gasteiger partial charge in [0.1, 0.15) is 0 Å². The van der Waals surface area contributed by atoms with Crippen molar-refractivity contribution in [3.8, 4) is 0 Å². The molecule has 0 nitrogen and oxygen atoms in total. The average molecular weight is 372 g/mol. The summed E-state index contributed by atoms with van der Waals surface area (Å²) in [4.78, 5) is 0. The molecule has 20 heavy (non-hydrogen) atoms. The van der Waals surface area contributed by atoms with Crippen molar-refractivity contribution in [3.63, 3.8) is 0 Å². The van der Waals surface area contributed by atoms with Crippen LogP contribution in [-0.2, 0) is 12.8 Å². The number of alkyl halides is 1. The molecule has 0 radical (unpaired) electrons. The Hall–Kier alpha value is -0.500. The molecule has 0 saturated heterocycles. The standard InChI is InChI=1S/C17H17BrCl2/c1-12-3-2-4-13(7-12)8-14(11-19)9-15-5-6-16(18)10-17(15)20/h2-7,10,14H,8-9,11H2,1H3. The van der Waals surface area contributed by atoms with E-state index in [0.29, 0.717) is 11.8 Å². The van der Waals surface area contributed by atoms with Gasteiger partial charge < -0.3 is 0 Å². The van der Waals surface area contributed by atoms with Crippen LogP contribution in [0.3, 0.4) is 0 Å². The third kappa shape index (κ3) is 4.51. The molecule has 2 rings (SSSR count). The predicted molar refractivity (Wildman–Crippen MR) is 91.9 cm³/mol. The van der Waals surface area contributed by atoms with Gasteiger partial charge in [-0.15, -0.1) is 11.6 Å². The number of aryl methyl sites for hydroxylation is 1. The third-order valence-corrected chi connectivity index (χ3v) is 4.63. The molecule has 0 aliphatic rings. The Morgan fingerprint density at radius 1 is 1.10 bits per heavy atom. The Morgan fingerprint density at radius 3 is 2.55 bits per heavy atom. The minimum Gasteiger partial charge on any atom is -0.126 e. The van der Waals surface area contributed by atoms with Crippen LogP contribution in [0.5, 0.6) is 0 Å². The van der Waals surface area contributed by atoms with Crippen molar-refractivity contribution in [2.24, 2.45) is 5.92 Å². The van der Waals surface area contributed by atoms with E-state index in [1.54, 1.807) is 0 Å². The van der Waals surface area contributed by atoms with Crippen LogP contribution in [0.15, 0.2) is 46.9 Å². The zero-order chi connectivity index (χ0) is 14.5. The summed E-state index contributed by atoms with van der Waals surface area (Å²) in [6.45, 7) is 2.12. The van der Waals surface area contributed by atoms with Crippen LogP contribution in [0.25, 0.3) is 0 Å². The maximum atomic E-state index is 6.29. The lowest BCUT2D eigenvalue weighted by Gasteiger charge is -2.15. The van der Waals surface area contributed by atoms with Gasteiger partial charge in [-0.05, 0) is 48.9 Å². The molecule has 0 aromatic heterocycles. The second-order valence-electron chi connectivity index (χ2n) is 5.15. The largest absolute Gasteiger partial charge is 0.126 e. The first kappa shape index (κ1) is 15.9. The summed E-state index contributed by atoms with van der Waals surface area (Å²) in [6.07, 6.45) is 1.89. The molecular weight excluding hydrogens is 355 g/mol. The molecule has 2 aromatic rings. The van der Waals surface area contributed by atoms with Gasteiger partial charge in [-0.25, -0.2) is 0 Å². The number of benzene rings is 2. The molecule has 0 spiro atoms. The predicted octanol–water partition coefficient (Wildman–Crippen LogP) is 6.05. The van der Waals surface area contributed by atoms with E-state index in [-0.39, 0.29) is 0 Å². The van der Waals surface area contributed by atoms with E-state index in [2.05, 4.69) is 53.2 Å². The van der Waals surface area contributed by atoms with E-state index in [0.717, 1.165) is 27.9 Å². The quantitative estimate of drug-likeness (QED) is 0.561. The molecule has 0 heterocycles. The summed E-state index contributed by atoms with van der Waals surface area (Å²) in [7, 11) is 0. The fraction of sp³-hybridized carbons (Fsp3) is 0.294. The fourth-order valence-corrected chi connectivity index (χ4v) is 3.32. The van der Waals surface area contributed by atoms with Crippen molar-refractivity contribution in [3.05, 3.63) is 68.7 Å². The lowest BCUT2D eigenvalue weighted by Crippen LogP contribution is -2.10. The van der Waals surface area contributed by atoms with Crippen LogP contribution in [0.2, 0.25) is 5.02 Å². The SMILES string of the molecule is Cc1cccc(CC(CCl)Cc2ccc(Br)cc2Cl)c1. The summed E-state index contributed by atoms with van der Waals surface area (Å²) in [5.74, 6) is 1.04. The number of halogens is 3. The van der Waals surface area contributed by atoms with Crippen LogP contribution in [0, 0.1) is 12.8 Å². The molecule has 0 saturated carbocycles. The van der Waals surface area contributed by atoms with Crippen LogP contribution in [0.4, 0.5) is 0 Å². The highest BCUT2D eigenvalue weighted by Crippen LogP contribution is 2.25. The Labute approximate surface area is 139 Å². The Morgan fingerprint density at radius 2 is 1.90 bits per heavy atom. The topological polar surface area (TPSA) is 0 Å². The minimum atomic E-state index is 0.400. The molecule has 0 fully saturated rings. The molecule has 3 heteroatoms. The molecular formula is C17H17BrCl2. The minimum absolute atomic E-state index is 0.400. The highest BCUT2D eigenvalue weighted by atomic mass is 79.9. The van der Waals surface area contributed by atoms with Gasteiger partial charge in [0, 0.05) is 15.4 Å². The molecule has 0 amide bonds. The summed E-state index contributed by atoms with van der Waals surface area (Å²) >= 11 is 15.9.